The smallest absolute Gasteiger partial charge is 0.227 e. The van der Waals surface area contributed by atoms with E-state index in [4.69, 9.17) is 5.73 Å². The van der Waals surface area contributed by atoms with Crippen LogP contribution in [0.5, 0.6) is 0 Å². The summed E-state index contributed by atoms with van der Waals surface area (Å²) in [6.07, 6.45) is 2.64. The number of carbonyl (C=O) groups is 1. The van der Waals surface area contributed by atoms with E-state index >= 15 is 0 Å². The number of rotatable bonds is 3. The quantitative estimate of drug-likeness (QED) is 0.858. The monoisotopic (exact) mass is 232 g/mol. The number of hydrogen-bond donors (Lipinski definition) is 1. The molecule has 2 rings (SSSR count). The van der Waals surface area contributed by atoms with Gasteiger partial charge in [0.15, 0.2) is 0 Å². The molecule has 0 aromatic heterocycles. The molecule has 92 valence electrons. The minimum Gasteiger partial charge on any atom is -0.338 e. The van der Waals surface area contributed by atoms with E-state index in [1.807, 2.05) is 36.1 Å². The van der Waals surface area contributed by atoms with E-state index in [1.54, 1.807) is 0 Å². The summed E-state index contributed by atoms with van der Waals surface area (Å²) in [5, 5.41) is 0. The largest absolute Gasteiger partial charge is 0.338 e. The summed E-state index contributed by atoms with van der Waals surface area (Å²) in [6.45, 7) is 3.50. The highest BCUT2D eigenvalue weighted by molar-refractivity contribution is 5.79. The number of amides is 1. The molecule has 0 radical (unpaired) electrons. The predicted octanol–water partition coefficient (Wildman–Crippen LogP) is 1.49. The summed E-state index contributed by atoms with van der Waals surface area (Å²) >= 11 is 0. The normalized spacial score (nSPS) is 19.6. The molecule has 3 nitrogen and oxygen atoms in total. The third kappa shape index (κ3) is 2.67. The molecule has 1 fully saturated rings. The van der Waals surface area contributed by atoms with Crippen LogP contribution in [0.3, 0.4) is 0 Å². The Balaban J connectivity index is 2.04. The lowest BCUT2D eigenvalue weighted by Gasteiger charge is -2.23. The summed E-state index contributed by atoms with van der Waals surface area (Å²) in [7, 11) is 0. The Morgan fingerprint density at radius 1 is 1.47 bits per heavy atom. The lowest BCUT2D eigenvalue weighted by Crippen LogP contribution is -2.40. The number of nitrogens with two attached hydrogens (primary N) is 1. The van der Waals surface area contributed by atoms with E-state index in [1.165, 1.54) is 5.56 Å². The standard InChI is InChI=1S/C14H20N2O/c1-11-5-2-3-6-12(11)9-14(17)16-8-4-7-13(16)10-15/h2-3,5-6,13H,4,7-10,15H2,1H3/t13-/m1/s1. The SMILES string of the molecule is Cc1ccccc1CC(=O)N1CCC[C@@H]1CN. The van der Waals surface area contributed by atoms with Gasteiger partial charge in [0.2, 0.25) is 5.91 Å². The molecule has 1 amide bonds. The Bertz CT molecular complexity index is 403. The second-order valence-electron chi connectivity index (χ2n) is 4.72. The van der Waals surface area contributed by atoms with Crippen LogP contribution in [0.4, 0.5) is 0 Å². The van der Waals surface area contributed by atoms with Gasteiger partial charge in [-0.2, -0.15) is 0 Å². The summed E-state index contributed by atoms with van der Waals surface area (Å²) in [4.78, 5) is 14.2. The molecule has 17 heavy (non-hydrogen) atoms. The van der Waals surface area contributed by atoms with E-state index in [0.717, 1.165) is 24.9 Å². The van der Waals surface area contributed by atoms with E-state index in [9.17, 15) is 4.79 Å². The number of nitrogens with zero attached hydrogens (tertiary/aromatic N) is 1. The van der Waals surface area contributed by atoms with Gasteiger partial charge in [0.05, 0.1) is 6.42 Å². The first-order valence-corrected chi connectivity index (χ1v) is 6.26. The van der Waals surface area contributed by atoms with Gasteiger partial charge in [-0.05, 0) is 30.9 Å². The number of likely N-dealkylation sites (tertiary alicyclic amines) is 1. The lowest BCUT2D eigenvalue weighted by atomic mass is 10.1. The fraction of sp³-hybridized carbons (Fsp3) is 0.500. The first-order valence-electron chi connectivity index (χ1n) is 6.26. The maximum atomic E-state index is 12.2. The van der Waals surface area contributed by atoms with E-state index in [0.29, 0.717) is 13.0 Å². The van der Waals surface area contributed by atoms with Gasteiger partial charge in [0.1, 0.15) is 0 Å². The van der Waals surface area contributed by atoms with Gasteiger partial charge < -0.3 is 10.6 Å². The molecule has 1 atom stereocenters. The zero-order valence-electron chi connectivity index (χ0n) is 10.4. The molecule has 0 saturated carbocycles. The van der Waals surface area contributed by atoms with Gasteiger partial charge in [0, 0.05) is 19.1 Å². The molecule has 1 aliphatic heterocycles. The minimum absolute atomic E-state index is 0.215. The molecule has 0 bridgehead atoms. The maximum absolute atomic E-state index is 12.2. The second kappa shape index (κ2) is 5.32. The fourth-order valence-electron chi connectivity index (χ4n) is 2.48. The predicted molar refractivity (Wildman–Crippen MR) is 68.7 cm³/mol. The van der Waals surface area contributed by atoms with Crippen molar-refractivity contribution in [2.45, 2.75) is 32.2 Å². The molecular weight excluding hydrogens is 212 g/mol. The topological polar surface area (TPSA) is 46.3 Å². The van der Waals surface area contributed by atoms with Crippen LogP contribution in [0.1, 0.15) is 24.0 Å². The van der Waals surface area contributed by atoms with Crippen molar-refractivity contribution in [1.29, 1.82) is 0 Å². The summed E-state index contributed by atoms with van der Waals surface area (Å²) in [6, 6.07) is 8.32. The average Bonchev–Trinajstić information content (AvgIpc) is 2.80. The molecule has 1 aliphatic rings. The van der Waals surface area contributed by atoms with Crippen molar-refractivity contribution in [2.75, 3.05) is 13.1 Å². The molecule has 1 heterocycles. The van der Waals surface area contributed by atoms with Crippen molar-refractivity contribution >= 4 is 5.91 Å². The molecule has 0 spiro atoms. The summed E-state index contributed by atoms with van der Waals surface area (Å²) in [5.74, 6) is 0.215. The second-order valence-corrected chi connectivity index (χ2v) is 4.72. The van der Waals surface area contributed by atoms with Gasteiger partial charge in [-0.1, -0.05) is 24.3 Å². The van der Waals surface area contributed by atoms with Crippen molar-refractivity contribution < 1.29 is 4.79 Å². The zero-order valence-corrected chi connectivity index (χ0v) is 10.4. The lowest BCUT2D eigenvalue weighted by molar-refractivity contribution is -0.131. The molecule has 0 aliphatic carbocycles. The molecule has 0 unspecified atom stereocenters. The Labute approximate surface area is 103 Å². The van der Waals surface area contributed by atoms with Gasteiger partial charge in [0.25, 0.3) is 0 Å². The third-order valence-electron chi connectivity index (χ3n) is 3.57. The van der Waals surface area contributed by atoms with Crippen molar-refractivity contribution in [2.24, 2.45) is 5.73 Å². The van der Waals surface area contributed by atoms with E-state index in [2.05, 4.69) is 0 Å². The maximum Gasteiger partial charge on any atom is 0.227 e. The van der Waals surface area contributed by atoms with Gasteiger partial charge in [-0.25, -0.2) is 0 Å². The van der Waals surface area contributed by atoms with Crippen LogP contribution in [0.2, 0.25) is 0 Å². The number of benzene rings is 1. The van der Waals surface area contributed by atoms with Crippen molar-refractivity contribution in [3.8, 4) is 0 Å². The minimum atomic E-state index is 0.215. The molecule has 1 saturated heterocycles. The number of carbonyl (C=O) groups excluding carboxylic acids is 1. The van der Waals surface area contributed by atoms with Crippen LogP contribution in [-0.2, 0) is 11.2 Å². The van der Waals surface area contributed by atoms with Crippen LogP contribution in [0.25, 0.3) is 0 Å². The van der Waals surface area contributed by atoms with Crippen LogP contribution in [-0.4, -0.2) is 29.9 Å². The Kier molecular flexibility index (Phi) is 3.79. The van der Waals surface area contributed by atoms with Crippen LogP contribution in [0.15, 0.2) is 24.3 Å². The summed E-state index contributed by atoms with van der Waals surface area (Å²) in [5.41, 5.74) is 8.00. The van der Waals surface area contributed by atoms with Crippen molar-refractivity contribution in [3.05, 3.63) is 35.4 Å². The zero-order chi connectivity index (χ0) is 12.3. The Hall–Kier alpha value is -1.35. The Morgan fingerprint density at radius 2 is 2.24 bits per heavy atom. The summed E-state index contributed by atoms with van der Waals surface area (Å²) < 4.78 is 0. The van der Waals surface area contributed by atoms with Crippen LogP contribution in [0, 0.1) is 6.92 Å². The van der Waals surface area contributed by atoms with Gasteiger partial charge >= 0.3 is 0 Å². The van der Waals surface area contributed by atoms with Crippen LogP contribution < -0.4 is 5.73 Å². The van der Waals surface area contributed by atoms with E-state index in [-0.39, 0.29) is 11.9 Å². The number of aryl methyl sites for hydroxylation is 1. The molecule has 1 aromatic rings. The first kappa shape index (κ1) is 12.1. The average molecular weight is 232 g/mol. The highest BCUT2D eigenvalue weighted by Crippen LogP contribution is 2.18. The molecule has 1 aromatic carbocycles. The van der Waals surface area contributed by atoms with Gasteiger partial charge in [-0.3, -0.25) is 4.79 Å². The molecule has 3 heteroatoms. The highest BCUT2D eigenvalue weighted by atomic mass is 16.2. The van der Waals surface area contributed by atoms with E-state index < -0.39 is 0 Å². The molecule has 2 N–H and O–H groups in total. The van der Waals surface area contributed by atoms with Crippen molar-refractivity contribution in [3.63, 3.8) is 0 Å². The highest BCUT2D eigenvalue weighted by Gasteiger charge is 2.27. The Morgan fingerprint density at radius 3 is 2.94 bits per heavy atom. The van der Waals surface area contributed by atoms with Crippen LogP contribution >= 0.6 is 0 Å². The van der Waals surface area contributed by atoms with Gasteiger partial charge in [-0.15, -0.1) is 0 Å². The first-order chi connectivity index (χ1) is 8.22. The fourth-order valence-corrected chi connectivity index (χ4v) is 2.48. The third-order valence-corrected chi connectivity index (χ3v) is 3.57. The molecular formula is C14H20N2O. The number of hydrogen-bond acceptors (Lipinski definition) is 2. The van der Waals surface area contributed by atoms with Crippen molar-refractivity contribution in [1.82, 2.24) is 4.90 Å².